The Morgan fingerprint density at radius 2 is 1.88 bits per heavy atom. The van der Waals surface area contributed by atoms with E-state index in [1.54, 1.807) is 48.2 Å². The van der Waals surface area contributed by atoms with Crippen LogP contribution >= 0.6 is 23.4 Å². The van der Waals surface area contributed by atoms with E-state index < -0.39 is 16.1 Å². The summed E-state index contributed by atoms with van der Waals surface area (Å²) in [6.45, 7) is 0.280. The number of carbonyl (C=O) groups is 1. The SMILES string of the molecule is CSCC[C@H](NS(=O)(=O)c1ccccc1)C(=O)NCc1cccc(Cl)c1. The summed E-state index contributed by atoms with van der Waals surface area (Å²) in [5.74, 6) is 0.297. The molecule has 2 rings (SSSR count). The second kappa shape index (κ2) is 9.97. The minimum Gasteiger partial charge on any atom is -0.351 e. The quantitative estimate of drug-likeness (QED) is 0.663. The van der Waals surface area contributed by atoms with Gasteiger partial charge in [0.25, 0.3) is 0 Å². The van der Waals surface area contributed by atoms with Crippen LogP contribution in [0, 0.1) is 0 Å². The number of carbonyl (C=O) groups excluding carboxylic acids is 1. The number of thioether (sulfide) groups is 1. The fourth-order valence-corrected chi connectivity index (χ4v) is 4.23. The lowest BCUT2D eigenvalue weighted by atomic mass is 10.2. The molecular formula is C18H21ClN2O3S2. The third-order valence-electron chi connectivity index (χ3n) is 3.63. The lowest BCUT2D eigenvalue weighted by Gasteiger charge is -2.18. The van der Waals surface area contributed by atoms with Crippen molar-refractivity contribution in [1.29, 1.82) is 0 Å². The Balaban J connectivity index is 2.07. The zero-order valence-electron chi connectivity index (χ0n) is 14.3. The highest BCUT2D eigenvalue weighted by Gasteiger charge is 2.25. The number of hydrogen-bond donors (Lipinski definition) is 2. The highest BCUT2D eigenvalue weighted by molar-refractivity contribution is 7.98. The summed E-state index contributed by atoms with van der Waals surface area (Å²) in [4.78, 5) is 12.7. The van der Waals surface area contributed by atoms with E-state index in [0.717, 1.165) is 5.56 Å². The van der Waals surface area contributed by atoms with Gasteiger partial charge >= 0.3 is 0 Å². The van der Waals surface area contributed by atoms with E-state index >= 15 is 0 Å². The van der Waals surface area contributed by atoms with Gasteiger partial charge in [0.2, 0.25) is 15.9 Å². The monoisotopic (exact) mass is 412 g/mol. The van der Waals surface area contributed by atoms with Crippen molar-refractivity contribution < 1.29 is 13.2 Å². The number of amides is 1. The number of sulfonamides is 1. The minimum absolute atomic E-state index is 0.136. The molecule has 0 aliphatic carbocycles. The van der Waals surface area contributed by atoms with E-state index in [1.165, 1.54) is 12.1 Å². The first-order valence-corrected chi connectivity index (χ1v) is 11.3. The van der Waals surface area contributed by atoms with Crippen LogP contribution < -0.4 is 10.0 Å². The van der Waals surface area contributed by atoms with E-state index in [2.05, 4.69) is 10.0 Å². The molecule has 0 spiro atoms. The maximum atomic E-state index is 12.5. The van der Waals surface area contributed by atoms with Gasteiger partial charge in [0.15, 0.2) is 0 Å². The predicted molar refractivity (Wildman–Crippen MR) is 107 cm³/mol. The average Bonchev–Trinajstić information content (AvgIpc) is 2.64. The molecule has 0 saturated heterocycles. The molecule has 0 fully saturated rings. The highest BCUT2D eigenvalue weighted by Crippen LogP contribution is 2.12. The molecular weight excluding hydrogens is 392 g/mol. The van der Waals surface area contributed by atoms with Crippen LogP contribution in [0.3, 0.4) is 0 Å². The second-order valence-corrected chi connectivity index (χ2v) is 8.75. The van der Waals surface area contributed by atoms with Crippen LogP contribution in [-0.4, -0.2) is 32.4 Å². The van der Waals surface area contributed by atoms with Gasteiger partial charge in [-0.1, -0.05) is 41.9 Å². The molecule has 2 aromatic rings. The molecule has 0 radical (unpaired) electrons. The Labute approximate surface area is 163 Å². The Bertz CT molecular complexity index is 829. The number of rotatable bonds is 9. The van der Waals surface area contributed by atoms with Crippen LogP contribution in [0.5, 0.6) is 0 Å². The molecule has 26 heavy (non-hydrogen) atoms. The van der Waals surface area contributed by atoms with E-state index in [9.17, 15) is 13.2 Å². The van der Waals surface area contributed by atoms with Crippen LogP contribution in [0.2, 0.25) is 5.02 Å². The first-order chi connectivity index (χ1) is 12.4. The molecule has 5 nitrogen and oxygen atoms in total. The Kier molecular flexibility index (Phi) is 7.96. The molecule has 0 aromatic heterocycles. The van der Waals surface area contributed by atoms with Crippen LogP contribution in [-0.2, 0) is 21.4 Å². The van der Waals surface area contributed by atoms with Gasteiger partial charge in [-0.05, 0) is 48.3 Å². The molecule has 140 valence electrons. The molecule has 1 amide bonds. The smallest absolute Gasteiger partial charge is 0.241 e. The topological polar surface area (TPSA) is 75.3 Å². The summed E-state index contributed by atoms with van der Waals surface area (Å²) >= 11 is 7.49. The van der Waals surface area contributed by atoms with Gasteiger partial charge in [-0.2, -0.15) is 16.5 Å². The van der Waals surface area contributed by atoms with Crippen LogP contribution in [0.1, 0.15) is 12.0 Å². The van der Waals surface area contributed by atoms with E-state index in [1.807, 2.05) is 12.3 Å². The number of halogens is 1. The summed E-state index contributed by atoms with van der Waals surface area (Å²) in [5, 5.41) is 3.36. The third-order valence-corrected chi connectivity index (χ3v) is 6.00. The van der Waals surface area contributed by atoms with Crippen molar-refractivity contribution in [1.82, 2.24) is 10.0 Å². The maximum absolute atomic E-state index is 12.5. The summed E-state index contributed by atoms with van der Waals surface area (Å²) < 4.78 is 27.5. The molecule has 1 atom stereocenters. The van der Waals surface area contributed by atoms with Gasteiger partial charge in [-0.25, -0.2) is 8.42 Å². The minimum atomic E-state index is -3.77. The van der Waals surface area contributed by atoms with E-state index in [-0.39, 0.29) is 17.3 Å². The zero-order valence-corrected chi connectivity index (χ0v) is 16.7. The fraction of sp³-hybridized carbons (Fsp3) is 0.278. The van der Waals surface area contributed by atoms with Crippen molar-refractivity contribution in [3.05, 3.63) is 65.2 Å². The molecule has 0 aliphatic rings. The first kappa shape index (κ1) is 20.8. The largest absolute Gasteiger partial charge is 0.351 e. The first-order valence-electron chi connectivity index (χ1n) is 8.01. The van der Waals surface area contributed by atoms with Crippen LogP contribution in [0.4, 0.5) is 0 Å². The van der Waals surface area contributed by atoms with Gasteiger partial charge in [-0.3, -0.25) is 4.79 Å². The molecule has 2 N–H and O–H groups in total. The third kappa shape index (κ3) is 6.32. The Hall–Kier alpha value is -1.54. The van der Waals surface area contributed by atoms with Crippen molar-refractivity contribution in [3.8, 4) is 0 Å². The molecule has 0 bridgehead atoms. The lowest BCUT2D eigenvalue weighted by molar-refractivity contribution is -0.122. The summed E-state index contributed by atoms with van der Waals surface area (Å²) in [5.41, 5.74) is 0.848. The van der Waals surface area contributed by atoms with Crippen molar-refractivity contribution in [2.45, 2.75) is 23.9 Å². The summed E-state index contributed by atoms with van der Waals surface area (Å²) in [6.07, 6.45) is 2.31. The Morgan fingerprint density at radius 1 is 1.15 bits per heavy atom. The number of hydrogen-bond acceptors (Lipinski definition) is 4. The van der Waals surface area contributed by atoms with Gasteiger partial charge in [0.1, 0.15) is 6.04 Å². The van der Waals surface area contributed by atoms with Crippen molar-refractivity contribution in [2.24, 2.45) is 0 Å². The van der Waals surface area contributed by atoms with Crippen molar-refractivity contribution in [2.75, 3.05) is 12.0 Å². The van der Waals surface area contributed by atoms with Gasteiger partial charge in [0.05, 0.1) is 4.90 Å². The molecule has 8 heteroatoms. The predicted octanol–water partition coefficient (Wildman–Crippen LogP) is 3.06. The van der Waals surface area contributed by atoms with Crippen molar-refractivity contribution >= 4 is 39.3 Å². The lowest BCUT2D eigenvalue weighted by Crippen LogP contribution is -2.46. The van der Waals surface area contributed by atoms with Crippen molar-refractivity contribution in [3.63, 3.8) is 0 Å². The maximum Gasteiger partial charge on any atom is 0.241 e. The van der Waals surface area contributed by atoms with Gasteiger partial charge in [0, 0.05) is 11.6 Å². The number of benzene rings is 2. The zero-order chi connectivity index (χ0) is 19.0. The summed E-state index contributed by atoms with van der Waals surface area (Å²) in [7, 11) is -3.77. The Morgan fingerprint density at radius 3 is 2.54 bits per heavy atom. The fourth-order valence-electron chi connectivity index (χ4n) is 2.29. The number of nitrogens with one attached hydrogen (secondary N) is 2. The average molecular weight is 413 g/mol. The molecule has 0 heterocycles. The standard InChI is InChI=1S/C18H21ClN2O3S2/c1-25-11-10-17(21-26(23,24)16-8-3-2-4-9-16)18(22)20-13-14-6-5-7-15(19)12-14/h2-9,12,17,21H,10-11,13H2,1H3,(H,20,22)/t17-/m0/s1. The van der Waals surface area contributed by atoms with Gasteiger partial charge < -0.3 is 5.32 Å². The highest BCUT2D eigenvalue weighted by atomic mass is 35.5. The normalized spacial score (nSPS) is 12.5. The van der Waals surface area contributed by atoms with Gasteiger partial charge in [-0.15, -0.1) is 0 Å². The molecule has 2 aromatic carbocycles. The second-order valence-electron chi connectivity index (χ2n) is 5.62. The van der Waals surface area contributed by atoms with Crippen LogP contribution in [0.15, 0.2) is 59.5 Å². The summed E-state index contributed by atoms with van der Waals surface area (Å²) in [6, 6.07) is 14.3. The molecule has 0 saturated carbocycles. The van der Waals surface area contributed by atoms with Crippen LogP contribution in [0.25, 0.3) is 0 Å². The van der Waals surface area contributed by atoms with E-state index in [0.29, 0.717) is 17.2 Å². The molecule has 0 aliphatic heterocycles. The molecule has 0 unspecified atom stereocenters. The van der Waals surface area contributed by atoms with E-state index in [4.69, 9.17) is 11.6 Å².